The molecular weight excluding hydrogens is 356 g/mol. The van der Waals surface area contributed by atoms with Crippen LogP contribution in [-0.4, -0.2) is 89.3 Å². The van der Waals surface area contributed by atoms with E-state index in [1.807, 2.05) is 0 Å². The number of ether oxygens (including phenoxy) is 3. The van der Waals surface area contributed by atoms with Crippen LogP contribution in [0, 0.1) is 11.8 Å². The number of nitrogens with zero attached hydrogens (tertiary/aromatic N) is 2. The predicted molar refractivity (Wildman–Crippen MR) is 114 cm³/mol. The monoisotopic (exact) mass is 398 g/mol. The van der Waals surface area contributed by atoms with E-state index in [1.165, 1.54) is 0 Å². The van der Waals surface area contributed by atoms with E-state index in [-0.39, 0.29) is 0 Å². The highest BCUT2D eigenvalue weighted by Gasteiger charge is 2.23. The lowest BCUT2D eigenvalue weighted by Crippen LogP contribution is -2.48. The Hall–Kier alpha value is -0.890. The smallest absolute Gasteiger partial charge is 0.191 e. The first-order valence-corrected chi connectivity index (χ1v) is 11.2. The van der Waals surface area contributed by atoms with Crippen molar-refractivity contribution in [3.05, 3.63) is 0 Å². The van der Waals surface area contributed by atoms with Gasteiger partial charge in [-0.3, -0.25) is 9.89 Å². The first-order chi connectivity index (χ1) is 13.7. The summed E-state index contributed by atoms with van der Waals surface area (Å²) in [6, 6.07) is 0.460. The number of morpholine rings is 1. The van der Waals surface area contributed by atoms with Crippen molar-refractivity contribution in [3.8, 4) is 0 Å². The molecule has 7 heteroatoms. The maximum atomic E-state index is 5.85. The minimum Gasteiger partial charge on any atom is -0.381 e. The number of nitrogens with one attached hydrogen (secondary N) is 2. The van der Waals surface area contributed by atoms with E-state index in [0.717, 1.165) is 97.6 Å². The zero-order valence-corrected chi connectivity index (χ0v) is 18.3. The van der Waals surface area contributed by atoms with Gasteiger partial charge in [-0.1, -0.05) is 13.8 Å². The highest BCUT2D eigenvalue weighted by Crippen LogP contribution is 2.15. The lowest BCUT2D eigenvalue weighted by Gasteiger charge is -2.36. The maximum Gasteiger partial charge on any atom is 0.191 e. The molecule has 0 aromatic rings. The van der Waals surface area contributed by atoms with E-state index < -0.39 is 0 Å². The molecule has 0 aliphatic carbocycles. The van der Waals surface area contributed by atoms with Crippen LogP contribution in [-0.2, 0) is 14.2 Å². The Kier molecular flexibility index (Phi) is 11.8. The third-order valence-corrected chi connectivity index (χ3v) is 5.52. The Balaban J connectivity index is 1.66. The fourth-order valence-corrected chi connectivity index (χ4v) is 3.73. The molecule has 2 saturated heterocycles. The van der Waals surface area contributed by atoms with Gasteiger partial charge in [0.2, 0.25) is 0 Å². The van der Waals surface area contributed by atoms with Gasteiger partial charge in [0, 0.05) is 58.6 Å². The summed E-state index contributed by atoms with van der Waals surface area (Å²) in [6.07, 6.45) is 3.26. The molecule has 0 aromatic heterocycles. The van der Waals surface area contributed by atoms with Crippen molar-refractivity contribution in [3.63, 3.8) is 0 Å². The molecule has 2 aliphatic rings. The molecule has 0 amide bonds. The molecule has 0 spiro atoms. The van der Waals surface area contributed by atoms with Crippen LogP contribution in [0.5, 0.6) is 0 Å². The van der Waals surface area contributed by atoms with Crippen LogP contribution in [0.15, 0.2) is 4.99 Å². The van der Waals surface area contributed by atoms with Crippen molar-refractivity contribution in [2.75, 3.05) is 72.4 Å². The van der Waals surface area contributed by atoms with Crippen molar-refractivity contribution in [2.24, 2.45) is 16.8 Å². The van der Waals surface area contributed by atoms with E-state index in [0.29, 0.717) is 17.9 Å². The number of hydrogen-bond donors (Lipinski definition) is 2. The Bertz CT molecular complexity index is 422. The second-order valence-electron chi connectivity index (χ2n) is 8.09. The first kappa shape index (κ1) is 23.4. The summed E-state index contributed by atoms with van der Waals surface area (Å²) in [5.41, 5.74) is 0. The second-order valence-corrected chi connectivity index (χ2v) is 8.09. The lowest BCUT2D eigenvalue weighted by atomic mass is 10.0. The van der Waals surface area contributed by atoms with Crippen LogP contribution < -0.4 is 10.6 Å². The lowest BCUT2D eigenvalue weighted by molar-refractivity contribution is 0.00867. The van der Waals surface area contributed by atoms with Gasteiger partial charge in [-0.15, -0.1) is 0 Å². The zero-order valence-electron chi connectivity index (χ0n) is 18.3. The summed E-state index contributed by atoms with van der Waals surface area (Å²) < 4.78 is 16.7. The second kappa shape index (κ2) is 14.1. The fourth-order valence-electron chi connectivity index (χ4n) is 3.73. The van der Waals surface area contributed by atoms with Crippen LogP contribution in [0.3, 0.4) is 0 Å². The molecule has 2 N–H and O–H groups in total. The average Bonchev–Trinajstić information content (AvgIpc) is 2.72. The van der Waals surface area contributed by atoms with E-state index in [9.17, 15) is 0 Å². The number of hydrogen-bond acceptors (Lipinski definition) is 5. The van der Waals surface area contributed by atoms with Crippen molar-refractivity contribution < 1.29 is 14.2 Å². The molecule has 0 saturated carbocycles. The molecule has 0 bridgehead atoms. The van der Waals surface area contributed by atoms with E-state index in [2.05, 4.69) is 36.3 Å². The van der Waals surface area contributed by atoms with E-state index in [4.69, 9.17) is 19.2 Å². The SMILES string of the molecule is CCNC(=NCC(C(C)C)N1CCOCC1)NCCCOCC1CCOCC1. The van der Waals surface area contributed by atoms with Crippen molar-refractivity contribution in [1.82, 2.24) is 15.5 Å². The van der Waals surface area contributed by atoms with Gasteiger partial charge >= 0.3 is 0 Å². The van der Waals surface area contributed by atoms with Crippen molar-refractivity contribution in [1.29, 1.82) is 0 Å². The van der Waals surface area contributed by atoms with Crippen LogP contribution in [0.4, 0.5) is 0 Å². The molecule has 2 fully saturated rings. The van der Waals surface area contributed by atoms with Crippen LogP contribution in [0.2, 0.25) is 0 Å². The molecule has 2 aliphatic heterocycles. The number of guanidine groups is 1. The summed E-state index contributed by atoms with van der Waals surface area (Å²) in [5.74, 6) is 2.16. The Morgan fingerprint density at radius 2 is 1.82 bits per heavy atom. The molecule has 28 heavy (non-hydrogen) atoms. The van der Waals surface area contributed by atoms with Gasteiger partial charge in [0.05, 0.1) is 19.8 Å². The number of rotatable bonds is 11. The molecule has 1 unspecified atom stereocenters. The highest BCUT2D eigenvalue weighted by atomic mass is 16.5. The molecule has 164 valence electrons. The summed E-state index contributed by atoms with van der Waals surface area (Å²) in [4.78, 5) is 7.38. The molecule has 1 atom stereocenters. The third-order valence-electron chi connectivity index (χ3n) is 5.52. The fraction of sp³-hybridized carbons (Fsp3) is 0.952. The Morgan fingerprint density at radius 1 is 1.11 bits per heavy atom. The zero-order chi connectivity index (χ0) is 20.0. The van der Waals surface area contributed by atoms with Crippen LogP contribution in [0.1, 0.15) is 40.0 Å². The minimum atomic E-state index is 0.460. The molecule has 0 aromatic carbocycles. The largest absolute Gasteiger partial charge is 0.381 e. The van der Waals surface area contributed by atoms with Gasteiger partial charge < -0.3 is 24.8 Å². The topological polar surface area (TPSA) is 67.4 Å². The molecular formula is C21H42N4O3. The first-order valence-electron chi connectivity index (χ1n) is 11.2. The predicted octanol–water partition coefficient (Wildman–Crippen LogP) is 1.73. The molecule has 0 radical (unpaired) electrons. The van der Waals surface area contributed by atoms with E-state index in [1.54, 1.807) is 0 Å². The van der Waals surface area contributed by atoms with Gasteiger partial charge in [-0.05, 0) is 38.0 Å². The standard InChI is InChI=1S/C21H42N4O3/c1-4-22-21(23-8-5-11-28-17-19-6-12-26-13-7-19)24-16-20(18(2)3)25-9-14-27-15-10-25/h18-20H,4-17H2,1-3H3,(H2,22,23,24). The highest BCUT2D eigenvalue weighted by molar-refractivity contribution is 5.79. The van der Waals surface area contributed by atoms with Crippen LogP contribution >= 0.6 is 0 Å². The summed E-state index contributed by atoms with van der Waals surface area (Å²) in [6.45, 7) is 16.4. The molecule has 2 rings (SSSR count). The van der Waals surface area contributed by atoms with Gasteiger partial charge in [0.1, 0.15) is 0 Å². The quantitative estimate of drug-likeness (QED) is 0.314. The third kappa shape index (κ3) is 9.07. The number of aliphatic imine (C=N–C) groups is 1. The summed E-state index contributed by atoms with van der Waals surface area (Å²) in [5, 5.41) is 6.82. The van der Waals surface area contributed by atoms with Gasteiger partial charge in [-0.25, -0.2) is 0 Å². The average molecular weight is 399 g/mol. The van der Waals surface area contributed by atoms with Gasteiger partial charge in [0.25, 0.3) is 0 Å². The van der Waals surface area contributed by atoms with Crippen molar-refractivity contribution in [2.45, 2.75) is 46.1 Å². The normalized spacial score (nSPS) is 21.1. The summed E-state index contributed by atoms with van der Waals surface area (Å²) in [7, 11) is 0. The Labute approximate surface area is 171 Å². The maximum absolute atomic E-state index is 5.85. The van der Waals surface area contributed by atoms with E-state index >= 15 is 0 Å². The van der Waals surface area contributed by atoms with Crippen molar-refractivity contribution >= 4 is 5.96 Å². The summed E-state index contributed by atoms with van der Waals surface area (Å²) >= 11 is 0. The van der Waals surface area contributed by atoms with Gasteiger partial charge in [-0.2, -0.15) is 0 Å². The molecule has 7 nitrogen and oxygen atoms in total. The minimum absolute atomic E-state index is 0.460. The van der Waals surface area contributed by atoms with Gasteiger partial charge in [0.15, 0.2) is 5.96 Å². The molecule has 2 heterocycles. The van der Waals surface area contributed by atoms with Crippen LogP contribution in [0.25, 0.3) is 0 Å². The Morgan fingerprint density at radius 3 is 2.50 bits per heavy atom.